The number of nitrogens with one attached hydrogen (secondary N) is 1. The molecule has 13 nitrogen and oxygen atoms in total. The molecule has 0 atom stereocenters. The van der Waals surface area contributed by atoms with Crippen molar-refractivity contribution in [3.05, 3.63) is 59.4 Å². The van der Waals surface area contributed by atoms with Gasteiger partial charge in [0.1, 0.15) is 35.0 Å². The predicted molar refractivity (Wildman–Crippen MR) is 145 cm³/mol. The first kappa shape index (κ1) is 27.3. The standard InChI is InChI=1S/C26H30N6O7S/c1-3-17-4-5-20(37-8-6-31-7-9-38-26(31)33)23(12-17)40(34,35)30-25-24-21(36-2)10-18(11-22(24)39-29-25)15-32-16-19(13-27)14-28-32/h4-5,10-12,14,16H,3,6-9,13,15,27H2,1-2H3,(H,29,30). The third-order valence-corrected chi connectivity index (χ3v) is 7.85. The van der Waals surface area contributed by atoms with Crippen molar-refractivity contribution in [1.82, 2.24) is 19.8 Å². The number of nitrogens with two attached hydrogens (primary N) is 1. The molecule has 2 aromatic carbocycles. The third kappa shape index (κ3) is 5.67. The minimum Gasteiger partial charge on any atom is -0.496 e. The second-order valence-corrected chi connectivity index (χ2v) is 10.8. The Morgan fingerprint density at radius 3 is 2.70 bits per heavy atom. The summed E-state index contributed by atoms with van der Waals surface area (Å²) in [5, 5.41) is 8.66. The molecule has 2 aromatic heterocycles. The molecule has 1 saturated heterocycles. The maximum Gasteiger partial charge on any atom is 0.410 e. The average molecular weight is 571 g/mol. The molecule has 0 radical (unpaired) electrons. The van der Waals surface area contributed by atoms with Crippen molar-refractivity contribution in [1.29, 1.82) is 0 Å². The van der Waals surface area contributed by atoms with E-state index in [1.54, 1.807) is 41.2 Å². The van der Waals surface area contributed by atoms with Crippen LogP contribution in [0.4, 0.5) is 10.6 Å². The summed E-state index contributed by atoms with van der Waals surface area (Å²) >= 11 is 0. The van der Waals surface area contributed by atoms with E-state index in [9.17, 15) is 13.2 Å². The number of cyclic esters (lactones) is 1. The van der Waals surface area contributed by atoms with Crippen LogP contribution >= 0.6 is 0 Å². The number of carbonyl (C=O) groups is 1. The van der Waals surface area contributed by atoms with Gasteiger partial charge in [-0.15, -0.1) is 0 Å². The van der Waals surface area contributed by atoms with Gasteiger partial charge in [-0.2, -0.15) is 5.10 Å². The van der Waals surface area contributed by atoms with Gasteiger partial charge in [0.25, 0.3) is 10.0 Å². The summed E-state index contributed by atoms with van der Waals surface area (Å²) in [4.78, 5) is 13.1. The molecule has 1 fully saturated rings. The first-order chi connectivity index (χ1) is 19.3. The van der Waals surface area contributed by atoms with Gasteiger partial charge in [0.15, 0.2) is 11.4 Å². The van der Waals surface area contributed by atoms with Crippen LogP contribution in [0.3, 0.4) is 0 Å². The number of hydrogen-bond donors (Lipinski definition) is 2. The van der Waals surface area contributed by atoms with Crippen LogP contribution in [0.2, 0.25) is 0 Å². The predicted octanol–water partition coefficient (Wildman–Crippen LogP) is 2.73. The SMILES string of the molecule is CCc1ccc(OCCN2CCOC2=O)c(S(=O)(=O)Nc2noc3cc(Cn4cc(CN)cn4)cc(OC)c23)c1. The Bertz CT molecular complexity index is 1630. The molecule has 40 heavy (non-hydrogen) atoms. The Hall–Kier alpha value is -4.30. The minimum atomic E-state index is -4.17. The maximum absolute atomic E-state index is 13.6. The summed E-state index contributed by atoms with van der Waals surface area (Å²) < 4.78 is 53.3. The van der Waals surface area contributed by atoms with Crippen LogP contribution < -0.4 is 19.9 Å². The lowest BCUT2D eigenvalue weighted by Crippen LogP contribution is -2.29. The van der Waals surface area contributed by atoms with E-state index >= 15 is 0 Å². The van der Waals surface area contributed by atoms with E-state index in [-0.39, 0.29) is 29.6 Å². The summed E-state index contributed by atoms with van der Waals surface area (Å²) in [5.41, 5.74) is 8.54. The third-order valence-electron chi connectivity index (χ3n) is 6.49. The molecule has 14 heteroatoms. The Kier molecular flexibility index (Phi) is 7.80. The van der Waals surface area contributed by atoms with Gasteiger partial charge in [-0.25, -0.2) is 13.2 Å². The summed E-state index contributed by atoms with van der Waals surface area (Å²) in [7, 11) is -2.68. The molecule has 1 aliphatic heterocycles. The smallest absolute Gasteiger partial charge is 0.410 e. The highest BCUT2D eigenvalue weighted by Crippen LogP contribution is 2.36. The van der Waals surface area contributed by atoms with Gasteiger partial charge >= 0.3 is 6.09 Å². The van der Waals surface area contributed by atoms with E-state index in [0.29, 0.717) is 49.4 Å². The van der Waals surface area contributed by atoms with Crippen LogP contribution in [0, 0.1) is 0 Å². The number of sulfonamides is 1. The Morgan fingerprint density at radius 1 is 1.15 bits per heavy atom. The number of aromatic nitrogens is 3. The molecule has 212 valence electrons. The lowest BCUT2D eigenvalue weighted by atomic mass is 10.1. The molecule has 1 amide bonds. The van der Waals surface area contributed by atoms with Gasteiger partial charge in [-0.1, -0.05) is 18.1 Å². The molecule has 1 aliphatic rings. The van der Waals surface area contributed by atoms with Gasteiger partial charge in [-0.05, 0) is 41.8 Å². The highest BCUT2D eigenvalue weighted by Gasteiger charge is 2.26. The van der Waals surface area contributed by atoms with Gasteiger partial charge in [0.2, 0.25) is 0 Å². The molecule has 0 saturated carbocycles. The Balaban J connectivity index is 1.40. The van der Waals surface area contributed by atoms with E-state index in [4.69, 9.17) is 24.5 Å². The zero-order valence-corrected chi connectivity index (χ0v) is 22.9. The molecule has 0 spiro atoms. The van der Waals surface area contributed by atoms with E-state index in [0.717, 1.165) is 16.7 Å². The highest BCUT2D eigenvalue weighted by molar-refractivity contribution is 7.92. The maximum atomic E-state index is 13.6. The average Bonchev–Trinajstić information content (AvgIpc) is 3.68. The van der Waals surface area contributed by atoms with Crippen LogP contribution in [0.25, 0.3) is 11.0 Å². The number of rotatable bonds is 12. The first-order valence-corrected chi connectivity index (χ1v) is 14.2. The van der Waals surface area contributed by atoms with Gasteiger partial charge in [-0.3, -0.25) is 9.40 Å². The molecule has 5 rings (SSSR count). The van der Waals surface area contributed by atoms with Crippen molar-refractivity contribution in [2.24, 2.45) is 5.73 Å². The summed E-state index contributed by atoms with van der Waals surface area (Å²) in [6.45, 7) is 3.87. The van der Waals surface area contributed by atoms with Crippen molar-refractivity contribution in [2.75, 3.05) is 38.1 Å². The molecular formula is C26H30N6O7S. The first-order valence-electron chi connectivity index (χ1n) is 12.7. The van der Waals surface area contributed by atoms with Crippen molar-refractivity contribution in [3.63, 3.8) is 0 Å². The van der Waals surface area contributed by atoms with Crippen LogP contribution in [0.15, 0.2) is 52.1 Å². The van der Waals surface area contributed by atoms with Crippen molar-refractivity contribution >= 4 is 32.9 Å². The van der Waals surface area contributed by atoms with Crippen LogP contribution in [0.5, 0.6) is 11.5 Å². The van der Waals surface area contributed by atoms with E-state index < -0.39 is 16.1 Å². The number of hydrogen-bond acceptors (Lipinski definition) is 10. The number of nitrogens with zero attached hydrogens (tertiary/aromatic N) is 4. The second kappa shape index (κ2) is 11.4. The fourth-order valence-corrected chi connectivity index (χ4v) is 5.58. The molecular weight excluding hydrogens is 540 g/mol. The monoisotopic (exact) mass is 570 g/mol. The molecule has 0 unspecified atom stereocenters. The number of benzene rings is 2. The van der Waals surface area contributed by atoms with Crippen molar-refractivity contribution in [3.8, 4) is 11.5 Å². The Labute approximate surface area is 230 Å². The molecule has 3 heterocycles. The summed E-state index contributed by atoms with van der Waals surface area (Å²) in [6.07, 6.45) is 3.74. The van der Waals surface area contributed by atoms with Gasteiger partial charge < -0.3 is 29.4 Å². The molecule has 0 bridgehead atoms. The topological polar surface area (TPSA) is 164 Å². The minimum absolute atomic E-state index is 0.0180. The quantitative estimate of drug-likeness (QED) is 0.259. The van der Waals surface area contributed by atoms with Crippen LogP contribution in [-0.4, -0.2) is 67.8 Å². The number of carbonyl (C=O) groups excluding carboxylic acids is 1. The van der Waals surface area contributed by atoms with Crippen LogP contribution in [0.1, 0.15) is 23.6 Å². The number of methoxy groups -OCH3 is 1. The van der Waals surface area contributed by atoms with Crippen molar-refractivity contribution in [2.45, 2.75) is 31.3 Å². The number of ether oxygens (including phenoxy) is 3. The Morgan fingerprint density at radius 2 is 2.00 bits per heavy atom. The molecule has 0 aliphatic carbocycles. The lowest BCUT2D eigenvalue weighted by molar-refractivity contribution is 0.152. The van der Waals surface area contributed by atoms with Crippen molar-refractivity contribution < 1.29 is 31.9 Å². The van der Waals surface area contributed by atoms with Crippen LogP contribution in [-0.2, 0) is 34.3 Å². The molecule has 3 N–H and O–H groups in total. The second-order valence-electron chi connectivity index (χ2n) is 9.14. The number of amides is 1. The number of anilines is 1. The van der Waals surface area contributed by atoms with Gasteiger partial charge in [0.05, 0.1) is 32.9 Å². The van der Waals surface area contributed by atoms with Gasteiger partial charge in [0, 0.05) is 18.3 Å². The van der Waals surface area contributed by atoms with E-state index in [1.165, 1.54) is 12.0 Å². The zero-order valence-electron chi connectivity index (χ0n) is 22.1. The zero-order chi connectivity index (χ0) is 28.3. The normalized spacial score (nSPS) is 13.6. The number of fused-ring (bicyclic) bond motifs is 1. The fraction of sp³-hybridized carbons (Fsp3) is 0.346. The largest absolute Gasteiger partial charge is 0.496 e. The fourth-order valence-electron chi connectivity index (χ4n) is 4.38. The molecule has 4 aromatic rings. The lowest BCUT2D eigenvalue weighted by Gasteiger charge is -2.16. The van der Waals surface area contributed by atoms with E-state index in [2.05, 4.69) is 15.0 Å². The summed E-state index contributed by atoms with van der Waals surface area (Å²) in [6, 6.07) is 8.48. The van der Waals surface area contributed by atoms with E-state index in [1.807, 2.05) is 13.1 Å². The number of aryl methyl sites for hydroxylation is 1. The summed E-state index contributed by atoms with van der Waals surface area (Å²) in [5.74, 6) is 0.514. The highest BCUT2D eigenvalue weighted by atomic mass is 32.2.